The molecule has 0 radical (unpaired) electrons. The molecule has 0 fully saturated rings. The van der Waals surface area contributed by atoms with Gasteiger partial charge in [-0.15, -0.1) is 0 Å². The highest BCUT2D eigenvalue weighted by Crippen LogP contribution is 2.11. The van der Waals surface area contributed by atoms with Crippen molar-refractivity contribution >= 4 is 5.91 Å². The van der Waals surface area contributed by atoms with Crippen LogP contribution in [-0.4, -0.2) is 45.2 Å². The smallest absolute Gasteiger partial charge is 0.236 e. The summed E-state index contributed by atoms with van der Waals surface area (Å²) in [5.74, 6) is 2.74. The fourth-order valence-corrected chi connectivity index (χ4v) is 2.66. The van der Waals surface area contributed by atoms with E-state index in [0.717, 1.165) is 36.7 Å². The summed E-state index contributed by atoms with van der Waals surface area (Å²) in [6, 6.07) is 4.07. The summed E-state index contributed by atoms with van der Waals surface area (Å²) in [6.07, 6.45) is 3.46. The number of fused-ring (bicyclic) bond motifs is 1. The molecule has 1 atom stereocenters. The minimum atomic E-state index is 0.0541. The van der Waals surface area contributed by atoms with E-state index in [1.807, 2.05) is 23.7 Å². The van der Waals surface area contributed by atoms with E-state index in [1.165, 1.54) is 0 Å². The van der Waals surface area contributed by atoms with E-state index in [0.29, 0.717) is 13.1 Å². The van der Waals surface area contributed by atoms with Gasteiger partial charge in [0.05, 0.1) is 19.6 Å². The van der Waals surface area contributed by atoms with Crippen molar-refractivity contribution in [3.63, 3.8) is 0 Å². The maximum absolute atomic E-state index is 12.2. The van der Waals surface area contributed by atoms with Crippen molar-refractivity contribution in [3.05, 3.63) is 35.8 Å². The highest BCUT2D eigenvalue weighted by molar-refractivity contribution is 5.77. The molecular formula is C15H21N5O2. The van der Waals surface area contributed by atoms with E-state index in [-0.39, 0.29) is 11.9 Å². The second-order valence-corrected chi connectivity index (χ2v) is 5.74. The average molecular weight is 303 g/mol. The van der Waals surface area contributed by atoms with Gasteiger partial charge in [0.1, 0.15) is 23.7 Å². The van der Waals surface area contributed by atoms with Gasteiger partial charge in [-0.25, -0.2) is 9.67 Å². The van der Waals surface area contributed by atoms with Crippen molar-refractivity contribution in [2.75, 3.05) is 13.6 Å². The Bertz CT molecular complexity index is 648. The Morgan fingerprint density at radius 1 is 1.55 bits per heavy atom. The van der Waals surface area contributed by atoms with Gasteiger partial charge in [-0.05, 0) is 25.5 Å². The monoisotopic (exact) mass is 303 g/mol. The Labute approximate surface area is 129 Å². The Kier molecular flexibility index (Phi) is 4.24. The summed E-state index contributed by atoms with van der Waals surface area (Å²) in [5.41, 5.74) is 0. The van der Waals surface area contributed by atoms with Gasteiger partial charge in [0.15, 0.2) is 0 Å². The van der Waals surface area contributed by atoms with Crippen LogP contribution in [-0.2, 0) is 24.3 Å². The summed E-state index contributed by atoms with van der Waals surface area (Å²) in [7, 11) is 1.79. The molecule has 2 aromatic rings. The van der Waals surface area contributed by atoms with E-state index in [4.69, 9.17) is 4.42 Å². The predicted molar refractivity (Wildman–Crippen MR) is 80.1 cm³/mol. The van der Waals surface area contributed by atoms with Crippen LogP contribution in [0, 0.1) is 6.92 Å². The molecule has 0 saturated heterocycles. The minimum absolute atomic E-state index is 0.0541. The second-order valence-electron chi connectivity index (χ2n) is 5.74. The van der Waals surface area contributed by atoms with Gasteiger partial charge in [0, 0.05) is 19.5 Å². The topological polar surface area (TPSA) is 76.2 Å². The predicted octanol–water partition coefficient (Wildman–Crippen LogP) is 0.743. The zero-order valence-electron chi connectivity index (χ0n) is 13.0. The molecule has 3 heterocycles. The summed E-state index contributed by atoms with van der Waals surface area (Å²) in [5, 5.41) is 7.50. The Hall–Kier alpha value is -2.15. The van der Waals surface area contributed by atoms with Gasteiger partial charge < -0.3 is 14.6 Å². The molecule has 7 heteroatoms. The van der Waals surface area contributed by atoms with E-state index in [1.54, 1.807) is 18.3 Å². The lowest BCUT2D eigenvalue weighted by Crippen LogP contribution is -2.43. The molecule has 1 N–H and O–H groups in total. The summed E-state index contributed by atoms with van der Waals surface area (Å²) >= 11 is 0. The number of amides is 1. The van der Waals surface area contributed by atoms with Gasteiger partial charge in [0.2, 0.25) is 5.91 Å². The largest absolute Gasteiger partial charge is 0.464 e. The van der Waals surface area contributed by atoms with Crippen molar-refractivity contribution in [1.29, 1.82) is 0 Å². The number of hydrogen-bond acceptors (Lipinski definition) is 5. The quantitative estimate of drug-likeness (QED) is 0.882. The molecule has 7 nitrogen and oxygen atoms in total. The van der Waals surface area contributed by atoms with Crippen LogP contribution in [0.15, 0.2) is 22.9 Å². The number of rotatable bonds is 5. The van der Waals surface area contributed by atoms with Crippen molar-refractivity contribution < 1.29 is 9.21 Å². The summed E-state index contributed by atoms with van der Waals surface area (Å²) in [6.45, 7) is 3.48. The Morgan fingerprint density at radius 2 is 2.41 bits per heavy atom. The summed E-state index contributed by atoms with van der Waals surface area (Å²) in [4.78, 5) is 18.1. The van der Waals surface area contributed by atoms with E-state index in [9.17, 15) is 4.79 Å². The van der Waals surface area contributed by atoms with Crippen LogP contribution in [0.3, 0.4) is 0 Å². The van der Waals surface area contributed by atoms with Crippen molar-refractivity contribution in [3.8, 4) is 0 Å². The third-order valence-corrected chi connectivity index (χ3v) is 3.96. The first kappa shape index (κ1) is 14.8. The van der Waals surface area contributed by atoms with E-state index >= 15 is 0 Å². The van der Waals surface area contributed by atoms with Crippen LogP contribution in [0.25, 0.3) is 0 Å². The summed E-state index contributed by atoms with van der Waals surface area (Å²) < 4.78 is 7.40. The SMILES string of the molecule is Cc1ccc(CN(C)C(=O)CN[C@H]2CCc3ncnn3C2)o1. The number of likely N-dealkylation sites (N-methyl/N-ethyl adjacent to an activating group) is 1. The third kappa shape index (κ3) is 3.36. The standard InChI is InChI=1S/C15H21N5O2/c1-11-3-5-13(22-11)9-19(2)15(21)7-16-12-4-6-14-17-10-18-20(14)8-12/h3,5,10,12,16H,4,6-9H2,1-2H3/t12-/m0/s1. The molecule has 118 valence electrons. The second kappa shape index (κ2) is 6.31. The number of nitrogens with zero attached hydrogens (tertiary/aromatic N) is 4. The molecular weight excluding hydrogens is 282 g/mol. The first-order chi connectivity index (χ1) is 10.6. The minimum Gasteiger partial charge on any atom is -0.464 e. The van der Waals surface area contributed by atoms with Gasteiger partial charge in [-0.2, -0.15) is 5.10 Å². The fourth-order valence-electron chi connectivity index (χ4n) is 2.66. The van der Waals surface area contributed by atoms with Crippen LogP contribution in [0.1, 0.15) is 23.8 Å². The lowest BCUT2D eigenvalue weighted by atomic mass is 10.1. The zero-order chi connectivity index (χ0) is 15.5. The number of aromatic nitrogens is 3. The van der Waals surface area contributed by atoms with E-state index in [2.05, 4.69) is 15.4 Å². The highest BCUT2D eigenvalue weighted by Gasteiger charge is 2.20. The maximum atomic E-state index is 12.2. The molecule has 1 aliphatic rings. The number of aryl methyl sites for hydroxylation is 2. The molecule has 1 aliphatic heterocycles. The van der Waals surface area contributed by atoms with Crippen LogP contribution < -0.4 is 5.32 Å². The highest BCUT2D eigenvalue weighted by atomic mass is 16.3. The molecule has 3 rings (SSSR count). The third-order valence-electron chi connectivity index (χ3n) is 3.96. The van der Waals surface area contributed by atoms with Crippen molar-refractivity contribution in [2.45, 2.75) is 38.9 Å². The molecule has 0 spiro atoms. The molecule has 0 unspecified atom stereocenters. The molecule has 2 aromatic heterocycles. The number of furan rings is 1. The fraction of sp³-hybridized carbons (Fsp3) is 0.533. The van der Waals surface area contributed by atoms with Crippen LogP contribution in [0.2, 0.25) is 0 Å². The lowest BCUT2D eigenvalue weighted by Gasteiger charge is -2.24. The molecule has 0 aromatic carbocycles. The van der Waals surface area contributed by atoms with Gasteiger partial charge in [-0.3, -0.25) is 4.79 Å². The van der Waals surface area contributed by atoms with E-state index < -0.39 is 0 Å². The van der Waals surface area contributed by atoms with Gasteiger partial charge in [0.25, 0.3) is 0 Å². The first-order valence-electron chi connectivity index (χ1n) is 7.51. The molecule has 0 saturated carbocycles. The molecule has 22 heavy (non-hydrogen) atoms. The lowest BCUT2D eigenvalue weighted by molar-refractivity contribution is -0.129. The average Bonchev–Trinajstić information content (AvgIpc) is 3.12. The van der Waals surface area contributed by atoms with Crippen molar-refractivity contribution in [2.24, 2.45) is 0 Å². The Morgan fingerprint density at radius 3 is 3.18 bits per heavy atom. The maximum Gasteiger partial charge on any atom is 0.236 e. The van der Waals surface area contributed by atoms with Gasteiger partial charge in [-0.1, -0.05) is 0 Å². The first-order valence-corrected chi connectivity index (χ1v) is 7.51. The van der Waals surface area contributed by atoms with Crippen LogP contribution in [0.5, 0.6) is 0 Å². The number of nitrogens with one attached hydrogen (secondary N) is 1. The zero-order valence-corrected chi connectivity index (χ0v) is 13.0. The molecule has 1 amide bonds. The van der Waals surface area contributed by atoms with Crippen molar-refractivity contribution in [1.82, 2.24) is 25.0 Å². The van der Waals surface area contributed by atoms with Crippen LogP contribution in [0.4, 0.5) is 0 Å². The molecule has 0 aliphatic carbocycles. The Balaban J connectivity index is 1.46. The van der Waals surface area contributed by atoms with Gasteiger partial charge >= 0.3 is 0 Å². The van der Waals surface area contributed by atoms with Crippen LogP contribution >= 0.6 is 0 Å². The number of carbonyl (C=O) groups is 1. The number of hydrogen-bond donors (Lipinski definition) is 1. The normalized spacial score (nSPS) is 17.3. The number of carbonyl (C=O) groups excluding carboxylic acids is 1. The molecule has 0 bridgehead atoms.